The number of pyridine rings is 1. The van der Waals surface area contributed by atoms with Gasteiger partial charge in [0.1, 0.15) is 6.04 Å². The lowest BCUT2D eigenvalue weighted by atomic mass is 9.97. The highest BCUT2D eigenvalue weighted by Gasteiger charge is 2.48. The second kappa shape index (κ2) is 12.6. The molecule has 10 heteroatoms. The Balaban J connectivity index is 1.50. The molecule has 0 bridgehead atoms. The Hall–Kier alpha value is -4.75. The molecular formula is C33H33N5O4S. The molecule has 1 aliphatic heterocycles. The highest BCUT2D eigenvalue weighted by Crippen LogP contribution is 2.30. The molecule has 9 nitrogen and oxygen atoms in total. The fraction of sp³-hybridized carbons (Fsp3) is 0.273. The van der Waals surface area contributed by atoms with E-state index in [1.807, 2.05) is 12.1 Å². The maximum absolute atomic E-state index is 14.2. The van der Waals surface area contributed by atoms with Crippen molar-refractivity contribution in [3.05, 3.63) is 108 Å². The van der Waals surface area contributed by atoms with Gasteiger partial charge in [-0.3, -0.25) is 19.3 Å². The molecule has 1 fully saturated rings. The number of nitriles is 1. The Morgan fingerprint density at radius 1 is 0.977 bits per heavy atom. The minimum Gasteiger partial charge on any atom is -0.343 e. The van der Waals surface area contributed by atoms with Crippen LogP contribution in [-0.4, -0.2) is 54.0 Å². The minimum absolute atomic E-state index is 0.122. The minimum atomic E-state index is -4.38. The van der Waals surface area contributed by atoms with Gasteiger partial charge in [0.2, 0.25) is 21.8 Å². The van der Waals surface area contributed by atoms with E-state index in [0.717, 1.165) is 23.8 Å². The molecular weight excluding hydrogens is 562 g/mol. The lowest BCUT2D eigenvalue weighted by Gasteiger charge is -2.32. The Labute approximate surface area is 251 Å². The summed E-state index contributed by atoms with van der Waals surface area (Å²) in [5, 5.41) is 13.4. The van der Waals surface area contributed by atoms with Crippen molar-refractivity contribution < 1.29 is 18.0 Å². The molecule has 0 radical (unpaired) electrons. The van der Waals surface area contributed by atoms with Gasteiger partial charge >= 0.3 is 0 Å². The van der Waals surface area contributed by atoms with Crippen LogP contribution in [0.25, 0.3) is 10.8 Å². The number of benzene rings is 3. The quantitative estimate of drug-likeness (QED) is 0.283. The first-order valence-corrected chi connectivity index (χ1v) is 15.7. The van der Waals surface area contributed by atoms with Gasteiger partial charge in [0, 0.05) is 49.1 Å². The Morgan fingerprint density at radius 3 is 2.40 bits per heavy atom. The zero-order chi connectivity index (χ0) is 30.5. The van der Waals surface area contributed by atoms with Gasteiger partial charge in [0.25, 0.3) is 0 Å². The molecule has 2 heterocycles. The molecule has 43 heavy (non-hydrogen) atoms. The first-order chi connectivity index (χ1) is 20.7. The topological polar surface area (TPSA) is 132 Å². The van der Waals surface area contributed by atoms with E-state index in [-0.39, 0.29) is 18.7 Å². The van der Waals surface area contributed by atoms with Crippen molar-refractivity contribution in [1.82, 2.24) is 15.2 Å². The van der Waals surface area contributed by atoms with Crippen molar-refractivity contribution in [2.45, 2.75) is 43.4 Å². The number of anilines is 1. The third kappa shape index (κ3) is 6.52. The van der Waals surface area contributed by atoms with E-state index < -0.39 is 26.7 Å². The second-order valence-corrected chi connectivity index (χ2v) is 13.1. The summed E-state index contributed by atoms with van der Waals surface area (Å²) in [7, 11) is -4.38. The van der Waals surface area contributed by atoms with Gasteiger partial charge in [-0.1, -0.05) is 54.6 Å². The number of rotatable bonds is 10. The van der Waals surface area contributed by atoms with E-state index >= 15 is 0 Å². The maximum atomic E-state index is 14.2. The van der Waals surface area contributed by atoms with Crippen LogP contribution in [0.15, 0.2) is 91.3 Å². The number of aromatic nitrogens is 1. The molecule has 1 aromatic heterocycles. The summed E-state index contributed by atoms with van der Waals surface area (Å²) in [4.78, 5) is 33.7. The van der Waals surface area contributed by atoms with Crippen LogP contribution < -0.4 is 10.0 Å². The first-order valence-electron chi connectivity index (χ1n) is 14.2. The molecule has 2 amide bonds. The number of likely N-dealkylation sites (tertiary alicyclic amines) is 1. The number of hydrogen-bond donors (Lipinski definition) is 2. The average molecular weight is 596 g/mol. The van der Waals surface area contributed by atoms with Crippen molar-refractivity contribution in [3.63, 3.8) is 0 Å². The first kappa shape index (κ1) is 29.7. The van der Waals surface area contributed by atoms with Crippen molar-refractivity contribution in [3.8, 4) is 6.07 Å². The van der Waals surface area contributed by atoms with Gasteiger partial charge in [0.05, 0.1) is 17.3 Å². The zero-order valence-electron chi connectivity index (χ0n) is 23.9. The molecule has 1 aliphatic rings. The molecule has 2 atom stereocenters. The fourth-order valence-corrected chi connectivity index (χ4v) is 6.72. The van der Waals surface area contributed by atoms with Gasteiger partial charge in [0.15, 0.2) is 4.75 Å². The van der Waals surface area contributed by atoms with Crippen LogP contribution in [0.2, 0.25) is 0 Å². The van der Waals surface area contributed by atoms with Gasteiger partial charge in [-0.05, 0) is 55.2 Å². The number of sulfonamides is 1. The molecule has 1 saturated heterocycles. The summed E-state index contributed by atoms with van der Waals surface area (Å²) in [6.07, 6.45) is 4.98. The number of carbonyl (C=O) groups is 2. The van der Waals surface area contributed by atoms with E-state index in [1.54, 1.807) is 84.0 Å². The van der Waals surface area contributed by atoms with E-state index in [0.29, 0.717) is 35.3 Å². The van der Waals surface area contributed by atoms with Crippen LogP contribution in [0.3, 0.4) is 0 Å². The molecule has 5 rings (SSSR count). The Morgan fingerprint density at radius 2 is 1.70 bits per heavy atom. The van der Waals surface area contributed by atoms with E-state index in [2.05, 4.69) is 21.1 Å². The predicted molar refractivity (Wildman–Crippen MR) is 165 cm³/mol. The number of nitrogens with zero attached hydrogens (tertiary/aromatic N) is 3. The Kier molecular flexibility index (Phi) is 8.73. The van der Waals surface area contributed by atoms with E-state index in [4.69, 9.17) is 0 Å². The molecule has 2 N–H and O–H groups in total. The lowest BCUT2D eigenvalue weighted by Crippen LogP contribution is -2.59. The second-order valence-electron chi connectivity index (χ2n) is 11.0. The molecule has 4 aromatic rings. The molecule has 0 aliphatic carbocycles. The van der Waals surface area contributed by atoms with Crippen LogP contribution in [0.1, 0.15) is 36.5 Å². The molecule has 0 saturated carbocycles. The maximum Gasteiger partial charge on any atom is 0.247 e. The summed E-state index contributed by atoms with van der Waals surface area (Å²) >= 11 is 0. The average Bonchev–Trinajstić information content (AvgIpc) is 3.56. The molecule has 3 aromatic carbocycles. The van der Waals surface area contributed by atoms with Crippen LogP contribution in [0, 0.1) is 11.3 Å². The molecule has 2 unspecified atom stereocenters. The molecule has 220 valence electrons. The van der Waals surface area contributed by atoms with Gasteiger partial charge in [-0.2, -0.15) is 5.26 Å². The number of hydrogen-bond acceptors (Lipinski definition) is 6. The Bertz CT molecular complexity index is 1760. The van der Waals surface area contributed by atoms with Gasteiger partial charge in [-0.15, -0.1) is 0 Å². The highest BCUT2D eigenvalue weighted by molar-refractivity contribution is 7.94. The zero-order valence-corrected chi connectivity index (χ0v) is 24.7. The number of carbonyl (C=O) groups excluding carboxylic acids is 2. The van der Waals surface area contributed by atoms with E-state index in [1.165, 1.54) is 6.92 Å². The molecule has 0 spiro atoms. The smallest absolute Gasteiger partial charge is 0.247 e. The fourth-order valence-electron chi connectivity index (χ4n) is 5.37. The van der Waals surface area contributed by atoms with Gasteiger partial charge in [-0.25, -0.2) is 8.42 Å². The van der Waals surface area contributed by atoms with Crippen LogP contribution in [0.4, 0.5) is 5.69 Å². The van der Waals surface area contributed by atoms with E-state index in [9.17, 15) is 23.3 Å². The monoisotopic (exact) mass is 595 g/mol. The number of nitrogens with one attached hydrogen (secondary N) is 2. The SMILES string of the molecule is CC(Cc1ccccc1)(C(=O)NC(Cc1ccc(C#N)cc1)C(=O)N1CCCC1)S(=O)(=O)Nc1cccc2cnccc12. The standard InChI is InChI=1S/C33H33N5O4S/c1-33(21-25-8-3-2-4-9-25,43(41,42)37-29-11-7-10-27-23-35-17-16-28(27)29)32(40)36-30(31(39)38-18-5-6-19-38)20-24-12-14-26(22-34)15-13-24/h2-4,7-17,23,30,37H,5-6,18-21H2,1H3,(H,36,40). The number of fused-ring (bicyclic) bond motifs is 1. The van der Waals surface area contributed by atoms with Gasteiger partial charge < -0.3 is 10.2 Å². The van der Waals surface area contributed by atoms with Crippen LogP contribution in [-0.2, 0) is 32.5 Å². The van der Waals surface area contributed by atoms with Crippen molar-refractivity contribution in [2.75, 3.05) is 17.8 Å². The third-order valence-corrected chi connectivity index (χ3v) is 9.93. The summed E-state index contributed by atoms with van der Waals surface area (Å²) in [5.74, 6) is -1.04. The van der Waals surface area contributed by atoms with Crippen molar-refractivity contribution in [2.24, 2.45) is 0 Å². The normalized spacial score (nSPS) is 15.3. The largest absolute Gasteiger partial charge is 0.343 e. The van der Waals surface area contributed by atoms with Crippen LogP contribution in [0.5, 0.6) is 0 Å². The third-order valence-electron chi connectivity index (χ3n) is 7.93. The summed E-state index contributed by atoms with van der Waals surface area (Å²) in [6, 6.07) is 23.7. The van der Waals surface area contributed by atoms with Crippen molar-refractivity contribution in [1.29, 1.82) is 5.26 Å². The lowest BCUT2D eigenvalue weighted by molar-refractivity contribution is -0.136. The van der Waals surface area contributed by atoms with Crippen LogP contribution >= 0.6 is 0 Å². The summed E-state index contributed by atoms with van der Waals surface area (Å²) in [5.41, 5.74) is 2.20. The summed E-state index contributed by atoms with van der Waals surface area (Å²) in [6.45, 7) is 2.55. The highest BCUT2D eigenvalue weighted by atomic mass is 32.2. The summed E-state index contributed by atoms with van der Waals surface area (Å²) < 4.78 is 29.2. The van der Waals surface area contributed by atoms with Crippen molar-refractivity contribution >= 4 is 38.3 Å². The predicted octanol–water partition coefficient (Wildman–Crippen LogP) is 4.20. The number of amides is 2.